The highest BCUT2D eigenvalue weighted by Crippen LogP contribution is 2.27. The van der Waals surface area contributed by atoms with Gasteiger partial charge in [0.1, 0.15) is 42.0 Å². The normalized spacial score (nSPS) is 24.1. The lowest BCUT2D eigenvalue weighted by Crippen LogP contribution is -2.58. The number of nitrogens with one attached hydrogen (secondary N) is 7. The monoisotopic (exact) mass is 873 g/mol. The topological polar surface area (TPSA) is 307 Å². The number of hydrogen-bond acceptors (Lipinski definition) is 11. The Morgan fingerprint density at radius 2 is 1.59 bits per heavy atom. The maximum atomic E-state index is 14.7. The largest absolute Gasteiger partial charge is 0.508 e. The Kier molecular flexibility index (Phi) is 14.3. The van der Waals surface area contributed by atoms with E-state index in [-0.39, 0.29) is 50.3 Å². The molecule has 0 aliphatic carbocycles. The van der Waals surface area contributed by atoms with E-state index in [0.29, 0.717) is 28.5 Å². The summed E-state index contributed by atoms with van der Waals surface area (Å²) in [4.78, 5) is 122. The molecule has 6 rings (SSSR count). The number of phenols is 1. The number of fused-ring (bicyclic) bond motifs is 5. The summed E-state index contributed by atoms with van der Waals surface area (Å²) in [6, 6.07) is 4.74. The van der Waals surface area contributed by atoms with Crippen LogP contribution in [0.3, 0.4) is 0 Å². The zero-order valence-corrected chi connectivity index (χ0v) is 34.6. The van der Waals surface area contributed by atoms with Gasteiger partial charge in [0.2, 0.25) is 41.4 Å². The lowest BCUT2D eigenvalue weighted by atomic mass is 10.0. The van der Waals surface area contributed by atoms with Gasteiger partial charge in [0, 0.05) is 37.4 Å². The van der Waals surface area contributed by atoms with Crippen LogP contribution in [0.1, 0.15) is 56.8 Å². The zero-order chi connectivity index (χ0) is 45.5. The van der Waals surface area contributed by atoms with Crippen LogP contribution in [0, 0.1) is 5.92 Å². The molecule has 336 valence electrons. The van der Waals surface area contributed by atoms with Gasteiger partial charge in [-0.3, -0.25) is 38.4 Å². The van der Waals surface area contributed by atoms with Crippen molar-refractivity contribution >= 4 is 64.1 Å². The predicted octanol–water partition coefficient (Wildman–Crippen LogP) is -2.18. The average molecular weight is 874 g/mol. The molecule has 7 atom stereocenters. The van der Waals surface area contributed by atoms with E-state index >= 15 is 0 Å². The first kappa shape index (κ1) is 45.5. The van der Waals surface area contributed by atoms with E-state index in [2.05, 4.69) is 37.2 Å². The van der Waals surface area contributed by atoms with Crippen molar-refractivity contribution in [1.82, 2.24) is 46.7 Å². The fourth-order valence-electron chi connectivity index (χ4n) is 7.97. The SMILES string of the molecule is CC(C)[C@@H]1NC(=O)[C@H](NC(=O)[C@H](Cc2ccc(O)cc2)NC(=O)[C@H]2CCCN2C(=O)[C@@H]2CCC(=O)N2)n2cc(c3ccccc32)C[C@@H](C(=O)O)NC(=O)[C@H](CO)NC(=O)CNC1=O. The molecule has 3 aliphatic heterocycles. The van der Waals surface area contributed by atoms with Crippen molar-refractivity contribution in [2.24, 2.45) is 5.92 Å². The maximum Gasteiger partial charge on any atom is 0.326 e. The van der Waals surface area contributed by atoms with E-state index in [1.165, 1.54) is 39.9 Å². The maximum absolute atomic E-state index is 14.7. The summed E-state index contributed by atoms with van der Waals surface area (Å²) in [5, 5.41) is 48.3. The van der Waals surface area contributed by atoms with Crippen LogP contribution in [-0.4, -0.2) is 134 Å². The number of benzene rings is 2. The molecular weight excluding hydrogens is 823 g/mol. The van der Waals surface area contributed by atoms with Crippen molar-refractivity contribution in [3.8, 4) is 5.75 Å². The third-order valence-electron chi connectivity index (χ3n) is 11.3. The molecule has 0 spiro atoms. The molecule has 2 aromatic carbocycles. The number of hydrogen-bond donors (Lipinski definition) is 10. The molecule has 3 aromatic rings. The van der Waals surface area contributed by atoms with Crippen molar-refractivity contribution < 1.29 is 58.5 Å². The molecule has 1 aromatic heterocycles. The van der Waals surface area contributed by atoms with Crippen LogP contribution in [0.5, 0.6) is 5.75 Å². The number of aliphatic hydroxyl groups excluding tert-OH is 1. The highest BCUT2D eigenvalue weighted by atomic mass is 16.4. The van der Waals surface area contributed by atoms with Gasteiger partial charge >= 0.3 is 5.97 Å². The van der Waals surface area contributed by atoms with Gasteiger partial charge in [0.15, 0.2) is 6.17 Å². The van der Waals surface area contributed by atoms with Crippen molar-refractivity contribution in [1.29, 1.82) is 0 Å². The van der Waals surface area contributed by atoms with Crippen LogP contribution in [0.25, 0.3) is 10.9 Å². The average Bonchev–Trinajstić information content (AvgIpc) is 4.01. The van der Waals surface area contributed by atoms with Gasteiger partial charge in [-0.25, -0.2) is 4.79 Å². The highest BCUT2D eigenvalue weighted by molar-refractivity contribution is 5.99. The Morgan fingerprint density at radius 1 is 0.857 bits per heavy atom. The minimum atomic E-state index is -1.68. The summed E-state index contributed by atoms with van der Waals surface area (Å²) in [6.07, 6.45) is 0.415. The highest BCUT2D eigenvalue weighted by Gasteiger charge is 2.41. The Balaban J connectivity index is 1.39. The lowest BCUT2D eigenvalue weighted by Gasteiger charge is -2.30. The Hall–Kier alpha value is -7.03. The fraction of sp³-hybridized carbons (Fsp3) is 0.452. The van der Waals surface area contributed by atoms with Gasteiger partial charge < -0.3 is 62.0 Å². The Morgan fingerprint density at radius 3 is 2.25 bits per heavy atom. The molecule has 21 heteroatoms. The van der Waals surface area contributed by atoms with Crippen molar-refractivity contribution in [2.75, 3.05) is 19.7 Å². The molecule has 0 saturated carbocycles. The van der Waals surface area contributed by atoms with Crippen molar-refractivity contribution in [3.63, 3.8) is 0 Å². The second-order valence-corrected chi connectivity index (χ2v) is 16.1. The molecule has 3 aliphatic rings. The number of carboxylic acids is 1. The molecule has 8 amide bonds. The number of likely N-dealkylation sites (tertiary alicyclic amines) is 1. The zero-order valence-electron chi connectivity index (χ0n) is 34.6. The van der Waals surface area contributed by atoms with Crippen LogP contribution in [0.4, 0.5) is 0 Å². The van der Waals surface area contributed by atoms with Crippen LogP contribution in [0.2, 0.25) is 0 Å². The number of aromatic hydroxyl groups is 1. The first-order valence-electron chi connectivity index (χ1n) is 20.6. The van der Waals surface area contributed by atoms with Gasteiger partial charge in [0.25, 0.3) is 5.91 Å². The number of aromatic nitrogens is 1. The number of carboxylic acid groups (broad SMARTS) is 1. The van der Waals surface area contributed by atoms with E-state index in [1.807, 2.05) is 0 Å². The Bertz CT molecular complexity index is 2280. The van der Waals surface area contributed by atoms with Crippen LogP contribution in [-0.2, 0) is 56.0 Å². The number of para-hydroxylation sites is 1. The molecule has 0 unspecified atom stereocenters. The number of amides is 8. The number of rotatable bonds is 10. The molecule has 21 nitrogen and oxygen atoms in total. The van der Waals surface area contributed by atoms with E-state index in [0.717, 1.165) is 0 Å². The third kappa shape index (κ3) is 10.7. The van der Waals surface area contributed by atoms with Crippen molar-refractivity contribution in [3.05, 3.63) is 65.9 Å². The summed E-state index contributed by atoms with van der Waals surface area (Å²) in [5.41, 5.74) is 1.13. The first-order chi connectivity index (χ1) is 30.0. The molecule has 0 radical (unpaired) electrons. The minimum absolute atomic E-state index is 0.0566. The number of carbonyl (C=O) groups is 9. The van der Waals surface area contributed by atoms with E-state index in [4.69, 9.17) is 0 Å². The molecule has 10 N–H and O–H groups in total. The summed E-state index contributed by atoms with van der Waals surface area (Å²) in [7, 11) is 0. The van der Waals surface area contributed by atoms with Gasteiger partial charge in [-0.1, -0.05) is 44.2 Å². The number of phenolic OH excluding ortho intramolecular Hbond substituents is 1. The summed E-state index contributed by atoms with van der Waals surface area (Å²) in [5.74, 6) is -7.98. The minimum Gasteiger partial charge on any atom is -0.508 e. The lowest BCUT2D eigenvalue weighted by molar-refractivity contribution is -0.142. The fourth-order valence-corrected chi connectivity index (χ4v) is 7.97. The second kappa shape index (κ2) is 19.8. The quantitative estimate of drug-likeness (QED) is 0.104. The number of carbonyl (C=O) groups excluding carboxylic acids is 8. The number of aliphatic carboxylic acids is 1. The van der Waals surface area contributed by atoms with E-state index in [9.17, 15) is 58.5 Å². The summed E-state index contributed by atoms with van der Waals surface area (Å²) >= 11 is 0. The molecule has 63 heavy (non-hydrogen) atoms. The molecule has 2 saturated heterocycles. The predicted molar refractivity (Wildman–Crippen MR) is 221 cm³/mol. The second-order valence-electron chi connectivity index (χ2n) is 16.1. The number of nitrogens with zero attached hydrogens (tertiary/aromatic N) is 2. The molecular formula is C42H51N9O12. The van der Waals surface area contributed by atoms with Crippen LogP contribution >= 0.6 is 0 Å². The van der Waals surface area contributed by atoms with Gasteiger partial charge in [-0.2, -0.15) is 0 Å². The van der Waals surface area contributed by atoms with E-state index < -0.39 is 109 Å². The molecule has 2 fully saturated rings. The smallest absolute Gasteiger partial charge is 0.326 e. The van der Waals surface area contributed by atoms with Crippen LogP contribution < -0.4 is 37.2 Å². The van der Waals surface area contributed by atoms with Gasteiger partial charge in [-0.05, 0) is 54.5 Å². The van der Waals surface area contributed by atoms with Crippen molar-refractivity contribution in [2.45, 2.75) is 94.8 Å². The van der Waals surface area contributed by atoms with Crippen LogP contribution in [0.15, 0.2) is 54.7 Å². The molecule has 4 heterocycles. The number of aliphatic hydroxyl groups is 1. The first-order valence-corrected chi connectivity index (χ1v) is 20.6. The Labute approximate surface area is 360 Å². The standard InChI is InChI=1S/C42H51N9O12/c1-21(2)34-39(59)43-18-33(55)45-29(20-52)37(57)47-28(42(62)63)17-23-19-51(30-7-4-3-6-25(23)30)35(40(60)48-34)49-36(56)27(16-22-9-11-24(53)12-10-22)46-38(58)31-8-5-15-50(31)41(61)26-13-14-32(54)44-26/h3-4,6-7,9-12,19,21,26-29,31,34-35,52-53H,5,8,13-18,20H2,1-2H3,(H,43,59)(H,44,54)(H,45,55)(H,46,58)(H,47,57)(H,48,60)(H,49,56)(H,62,63)/t26-,27-,28-,29-,31+,34-,35+/m0/s1. The van der Waals surface area contributed by atoms with Gasteiger partial charge in [-0.15, -0.1) is 0 Å². The summed E-state index contributed by atoms with van der Waals surface area (Å²) < 4.78 is 1.36. The molecule has 2 bridgehead atoms. The third-order valence-corrected chi connectivity index (χ3v) is 11.3. The van der Waals surface area contributed by atoms with Gasteiger partial charge in [0.05, 0.1) is 18.7 Å². The van der Waals surface area contributed by atoms with E-state index in [1.54, 1.807) is 38.1 Å². The summed E-state index contributed by atoms with van der Waals surface area (Å²) in [6.45, 7) is 1.92.